The maximum Gasteiger partial charge on any atom is 0.164 e. The van der Waals surface area contributed by atoms with Crippen molar-refractivity contribution in [1.29, 1.82) is 0 Å². The molecule has 0 spiro atoms. The molecule has 0 amide bonds. The number of nitrogens with zero attached hydrogens (tertiary/aromatic N) is 3. The first kappa shape index (κ1) is 37.5. The third kappa shape index (κ3) is 6.34. The molecule has 1 aliphatic rings. The summed E-state index contributed by atoms with van der Waals surface area (Å²) in [5.74, 6) is 1.84. The number of benzene rings is 9. The number of fused-ring (bicyclic) bond motifs is 6. The van der Waals surface area contributed by atoms with Gasteiger partial charge in [-0.2, -0.15) is 0 Å². The van der Waals surface area contributed by atoms with Crippen molar-refractivity contribution in [3.8, 4) is 89.8 Å². The molecule has 64 heavy (non-hydrogen) atoms. The van der Waals surface area contributed by atoms with E-state index in [1.54, 1.807) is 0 Å². The topological polar surface area (TPSA) is 51.8 Å². The Morgan fingerprint density at radius 2 is 0.812 bits per heavy atom. The normalized spacial score (nSPS) is 12.7. The largest absolute Gasteiger partial charge is 0.456 e. The number of hydrogen-bond donors (Lipinski definition) is 0. The molecule has 4 heteroatoms. The Morgan fingerprint density at radius 3 is 1.56 bits per heavy atom. The molecule has 1 aliphatic carbocycles. The smallest absolute Gasteiger partial charge is 0.164 e. The van der Waals surface area contributed by atoms with Crippen molar-refractivity contribution in [3.05, 3.63) is 223 Å². The van der Waals surface area contributed by atoms with Crippen LogP contribution in [0.5, 0.6) is 0 Å². The summed E-state index contributed by atoms with van der Waals surface area (Å²) in [7, 11) is 0. The Morgan fingerprint density at radius 1 is 0.328 bits per heavy atom. The van der Waals surface area contributed by atoms with E-state index in [2.05, 4.69) is 214 Å². The van der Waals surface area contributed by atoms with Crippen LogP contribution in [0.3, 0.4) is 0 Å². The molecule has 12 rings (SSSR count). The lowest BCUT2D eigenvalue weighted by molar-refractivity contribution is 0.662. The number of hydrogen-bond acceptors (Lipinski definition) is 4. The molecule has 0 aliphatic heterocycles. The van der Waals surface area contributed by atoms with Gasteiger partial charge in [0.05, 0.1) is 0 Å². The molecule has 11 aromatic rings. The molecular formula is C60H41N3O. The highest BCUT2D eigenvalue weighted by Gasteiger charge is 2.37. The second-order valence-electron chi connectivity index (χ2n) is 17.2. The highest BCUT2D eigenvalue weighted by Crippen LogP contribution is 2.52. The average molecular weight is 820 g/mol. The minimum Gasteiger partial charge on any atom is -0.456 e. The van der Waals surface area contributed by atoms with Crippen LogP contribution in [-0.4, -0.2) is 15.0 Å². The van der Waals surface area contributed by atoms with Gasteiger partial charge in [0.1, 0.15) is 11.2 Å². The van der Waals surface area contributed by atoms with Crippen LogP contribution < -0.4 is 0 Å². The first-order chi connectivity index (χ1) is 31.5. The lowest BCUT2D eigenvalue weighted by Gasteiger charge is -2.24. The molecule has 302 valence electrons. The molecule has 2 aromatic heterocycles. The summed E-state index contributed by atoms with van der Waals surface area (Å²) < 4.78 is 6.52. The molecule has 0 fully saturated rings. The third-order valence-corrected chi connectivity index (χ3v) is 12.9. The molecule has 0 unspecified atom stereocenters. The standard InChI is InChI=1S/C60H41N3O/c1-60(2)52-27-10-9-23-49(52)50-26-13-25-48(56(50)60)44-20-12-22-46(36-44)59-62-57(41-31-29-39(30-32-41)38-15-5-3-6-16-38)61-58(63-59)45-21-11-19-42(35-45)43-33-34-51-54(37-43)64-53-28-14-24-47(55(51)53)40-17-7-4-8-18-40/h3-37H,1-2H3. The molecule has 0 saturated carbocycles. The molecule has 9 aromatic carbocycles. The van der Waals surface area contributed by atoms with E-state index in [9.17, 15) is 0 Å². The Balaban J connectivity index is 0.966. The maximum atomic E-state index is 6.52. The van der Waals surface area contributed by atoms with Gasteiger partial charge in [-0.25, -0.2) is 15.0 Å². The van der Waals surface area contributed by atoms with Gasteiger partial charge in [-0.05, 0) is 97.1 Å². The maximum absolute atomic E-state index is 6.52. The van der Waals surface area contributed by atoms with Gasteiger partial charge in [-0.15, -0.1) is 0 Å². The van der Waals surface area contributed by atoms with Gasteiger partial charge >= 0.3 is 0 Å². The van der Waals surface area contributed by atoms with E-state index < -0.39 is 0 Å². The summed E-state index contributed by atoms with van der Waals surface area (Å²) in [4.78, 5) is 15.6. The minimum absolute atomic E-state index is 0.150. The van der Waals surface area contributed by atoms with Crippen molar-refractivity contribution in [2.75, 3.05) is 0 Å². The van der Waals surface area contributed by atoms with Crippen LogP contribution in [-0.2, 0) is 5.41 Å². The van der Waals surface area contributed by atoms with Crippen molar-refractivity contribution in [2.45, 2.75) is 19.3 Å². The number of rotatable bonds is 7. The van der Waals surface area contributed by atoms with Gasteiger partial charge in [0, 0.05) is 32.9 Å². The van der Waals surface area contributed by atoms with Crippen molar-refractivity contribution in [3.63, 3.8) is 0 Å². The first-order valence-corrected chi connectivity index (χ1v) is 21.8. The SMILES string of the molecule is CC1(C)c2ccccc2-c2cccc(-c3cccc(-c4nc(-c5ccc(-c6ccccc6)cc5)nc(-c5cccc(-c6ccc7c(c6)oc6cccc(-c8ccccc8)c67)c5)n4)c3)c21. The van der Waals surface area contributed by atoms with Gasteiger partial charge in [-0.3, -0.25) is 0 Å². The lowest BCUT2D eigenvalue weighted by Crippen LogP contribution is -2.16. The zero-order valence-corrected chi connectivity index (χ0v) is 35.5. The van der Waals surface area contributed by atoms with E-state index in [1.807, 2.05) is 12.1 Å². The van der Waals surface area contributed by atoms with Crippen LogP contribution in [0, 0.1) is 0 Å². The van der Waals surface area contributed by atoms with E-state index in [-0.39, 0.29) is 5.41 Å². The Labute approximate surface area is 372 Å². The fourth-order valence-electron chi connectivity index (χ4n) is 9.82. The first-order valence-electron chi connectivity index (χ1n) is 21.8. The second-order valence-corrected chi connectivity index (χ2v) is 17.2. The lowest BCUT2D eigenvalue weighted by atomic mass is 9.79. The summed E-state index contributed by atoms with van der Waals surface area (Å²) in [6, 6.07) is 74.8. The summed E-state index contributed by atoms with van der Waals surface area (Å²) in [6.07, 6.45) is 0. The predicted octanol–water partition coefficient (Wildman–Crippen LogP) is 15.7. The van der Waals surface area contributed by atoms with Crippen LogP contribution in [0.1, 0.15) is 25.0 Å². The third-order valence-electron chi connectivity index (χ3n) is 12.9. The number of furan rings is 1. The van der Waals surface area contributed by atoms with Crippen molar-refractivity contribution < 1.29 is 4.42 Å². The van der Waals surface area contributed by atoms with E-state index in [0.717, 1.165) is 72.0 Å². The summed E-state index contributed by atoms with van der Waals surface area (Å²) >= 11 is 0. The molecule has 0 radical (unpaired) electrons. The highest BCUT2D eigenvalue weighted by atomic mass is 16.3. The summed E-state index contributed by atoms with van der Waals surface area (Å²) in [6.45, 7) is 4.67. The van der Waals surface area contributed by atoms with Gasteiger partial charge < -0.3 is 4.42 Å². The molecular weight excluding hydrogens is 779 g/mol. The van der Waals surface area contributed by atoms with Gasteiger partial charge in [0.25, 0.3) is 0 Å². The monoisotopic (exact) mass is 819 g/mol. The van der Waals surface area contributed by atoms with Gasteiger partial charge in [-0.1, -0.05) is 196 Å². The van der Waals surface area contributed by atoms with E-state index in [1.165, 1.54) is 33.4 Å². The Hall–Kier alpha value is -8.21. The van der Waals surface area contributed by atoms with Crippen molar-refractivity contribution in [1.82, 2.24) is 15.0 Å². The summed E-state index contributed by atoms with van der Waals surface area (Å²) in [5, 5.41) is 2.22. The zero-order chi connectivity index (χ0) is 42.8. The zero-order valence-electron chi connectivity index (χ0n) is 35.5. The molecule has 4 nitrogen and oxygen atoms in total. The highest BCUT2D eigenvalue weighted by molar-refractivity contribution is 6.13. The fraction of sp³-hybridized carbons (Fsp3) is 0.0500. The van der Waals surface area contributed by atoms with E-state index >= 15 is 0 Å². The molecule has 0 N–H and O–H groups in total. The van der Waals surface area contributed by atoms with Crippen LogP contribution >= 0.6 is 0 Å². The number of aromatic nitrogens is 3. The summed E-state index contributed by atoms with van der Waals surface area (Å²) in [5.41, 5.74) is 18.7. The molecule has 0 atom stereocenters. The average Bonchev–Trinajstić information content (AvgIpc) is 3.86. The van der Waals surface area contributed by atoms with Crippen LogP contribution in [0.2, 0.25) is 0 Å². The van der Waals surface area contributed by atoms with Crippen LogP contribution in [0.15, 0.2) is 217 Å². The van der Waals surface area contributed by atoms with Crippen LogP contribution in [0.4, 0.5) is 0 Å². The molecule has 0 bridgehead atoms. The molecule has 2 heterocycles. The Bertz CT molecular complexity index is 3570. The Kier molecular flexibility index (Phi) is 8.80. The predicted molar refractivity (Wildman–Crippen MR) is 263 cm³/mol. The second kappa shape index (κ2) is 15.0. The van der Waals surface area contributed by atoms with Crippen LogP contribution in [0.25, 0.3) is 112 Å². The van der Waals surface area contributed by atoms with Gasteiger partial charge in [0.15, 0.2) is 17.5 Å². The van der Waals surface area contributed by atoms with Crippen molar-refractivity contribution >= 4 is 21.9 Å². The molecule has 0 saturated heterocycles. The minimum atomic E-state index is -0.150. The van der Waals surface area contributed by atoms with E-state index in [4.69, 9.17) is 19.4 Å². The van der Waals surface area contributed by atoms with Gasteiger partial charge in [0.2, 0.25) is 0 Å². The quantitative estimate of drug-likeness (QED) is 0.161. The van der Waals surface area contributed by atoms with E-state index in [0.29, 0.717) is 17.5 Å². The fourth-order valence-corrected chi connectivity index (χ4v) is 9.82. The van der Waals surface area contributed by atoms with Crippen molar-refractivity contribution in [2.24, 2.45) is 0 Å².